The molecule has 1 amide bonds. The van der Waals surface area contributed by atoms with E-state index in [4.69, 9.17) is 33.2 Å². The molecule has 20 atom stereocenters. The highest BCUT2D eigenvalue weighted by atomic mass is 16.8. The number of carbonyl (C=O) groups is 1. The quantitative estimate of drug-likeness (QED) is 0.108. The van der Waals surface area contributed by atoms with Crippen molar-refractivity contribution in [3.05, 3.63) is 0 Å². The van der Waals surface area contributed by atoms with Gasteiger partial charge in [0.1, 0.15) is 85.4 Å². The number of amides is 1. The fourth-order valence-electron chi connectivity index (χ4n) is 5.74. The summed E-state index contributed by atoms with van der Waals surface area (Å²) in [7, 11) is 0. The summed E-state index contributed by atoms with van der Waals surface area (Å²) in [6.07, 6.45) is -30.9. The van der Waals surface area contributed by atoms with Gasteiger partial charge < -0.3 is 94.6 Å². The third-order valence-corrected chi connectivity index (χ3v) is 8.52. The molecule has 0 saturated carbocycles. The zero-order chi connectivity index (χ0) is 34.2. The van der Waals surface area contributed by atoms with Crippen LogP contribution in [0.1, 0.15) is 20.8 Å². The van der Waals surface area contributed by atoms with Gasteiger partial charge in [0, 0.05) is 6.92 Å². The lowest BCUT2D eigenvalue weighted by atomic mass is 9.95. The summed E-state index contributed by atoms with van der Waals surface area (Å²) in [6.45, 7) is 2.18. The normalized spacial score (nSPS) is 51.9. The fourth-order valence-corrected chi connectivity index (χ4v) is 5.74. The molecule has 0 unspecified atom stereocenters. The molecule has 0 radical (unpaired) electrons. The van der Waals surface area contributed by atoms with Crippen molar-refractivity contribution in [2.24, 2.45) is 0 Å². The van der Waals surface area contributed by atoms with Crippen molar-refractivity contribution in [1.82, 2.24) is 5.32 Å². The minimum Gasteiger partial charge on any atom is -0.394 e. The molecule has 0 bridgehead atoms. The lowest BCUT2D eigenvalue weighted by molar-refractivity contribution is -0.398. The number of aliphatic hydroxyl groups is 11. The van der Waals surface area contributed by atoms with Crippen molar-refractivity contribution in [1.29, 1.82) is 0 Å². The van der Waals surface area contributed by atoms with Crippen LogP contribution in [-0.2, 0) is 38.0 Å². The third-order valence-electron chi connectivity index (χ3n) is 8.52. The first-order valence-corrected chi connectivity index (χ1v) is 14.8. The van der Waals surface area contributed by atoms with Crippen LogP contribution in [0.4, 0.5) is 0 Å². The monoisotopic (exact) mass is 675 g/mol. The maximum atomic E-state index is 12.3. The van der Waals surface area contributed by atoms with E-state index in [0.717, 1.165) is 6.92 Å². The second-order valence-corrected chi connectivity index (χ2v) is 11.8. The number of hydrogen-bond donors (Lipinski definition) is 12. The van der Waals surface area contributed by atoms with E-state index < -0.39 is 142 Å². The largest absolute Gasteiger partial charge is 0.394 e. The minimum atomic E-state index is -1.90. The molecular formula is C26H45NO19. The van der Waals surface area contributed by atoms with Crippen LogP contribution < -0.4 is 5.32 Å². The van der Waals surface area contributed by atoms with Gasteiger partial charge in [-0.05, 0) is 13.8 Å². The molecule has 46 heavy (non-hydrogen) atoms. The standard InChI is InChI=1S/C26H45NO19/c1-6-12(31)16(35)19(38)24(40-6)44-21-11(27-8(3)30)23(42-10(5-29)15(21)34)46-26-22(18(37)14(33)9(4-28)43-26)45-25-20(39)17(36)13(32)7(2)41-25/h6-7,9-26,28-29,31-39H,4-5H2,1-3H3,(H,27,30)/t6-,7-,9+,10+,11+,12+,13+,14-,15+,16+,17+,18-,19-,20-,21+,22+,23-,24-,25-,26+/m0/s1. The first-order valence-electron chi connectivity index (χ1n) is 14.8. The Hall–Kier alpha value is -1.25. The molecule has 4 fully saturated rings. The van der Waals surface area contributed by atoms with Gasteiger partial charge in [-0.15, -0.1) is 0 Å². The summed E-state index contributed by atoms with van der Waals surface area (Å²) in [5.41, 5.74) is 0. The molecule has 4 aliphatic heterocycles. The van der Waals surface area contributed by atoms with Gasteiger partial charge in [0.15, 0.2) is 25.2 Å². The van der Waals surface area contributed by atoms with Crippen molar-refractivity contribution in [2.75, 3.05) is 13.2 Å². The molecule has 0 aromatic heterocycles. The van der Waals surface area contributed by atoms with Crippen LogP contribution in [0.15, 0.2) is 0 Å². The molecule has 268 valence electrons. The zero-order valence-electron chi connectivity index (χ0n) is 25.1. The van der Waals surface area contributed by atoms with Crippen molar-refractivity contribution in [3.63, 3.8) is 0 Å². The Kier molecular flexibility index (Phi) is 12.7. The Bertz CT molecular complexity index is 997. The van der Waals surface area contributed by atoms with Gasteiger partial charge >= 0.3 is 0 Å². The first-order chi connectivity index (χ1) is 21.6. The second-order valence-electron chi connectivity index (χ2n) is 11.8. The van der Waals surface area contributed by atoms with Crippen LogP contribution >= 0.6 is 0 Å². The molecule has 4 rings (SSSR count). The fraction of sp³-hybridized carbons (Fsp3) is 0.962. The van der Waals surface area contributed by atoms with Crippen LogP contribution in [0.3, 0.4) is 0 Å². The molecular weight excluding hydrogens is 630 g/mol. The summed E-state index contributed by atoms with van der Waals surface area (Å²) >= 11 is 0. The SMILES string of the molecule is CC(=O)N[C@H]1[C@H](O[C@H]2O[C@H](CO)[C@H](O)[C@H](O)[C@H]2O[C@@H]2O[C@@H](C)[C@@H](O)[C@@H](O)[C@@H]2O)O[C@H](CO)[C@@H](O)[C@@H]1O[C@@H]1O[C@@H](C)[C@@H](O)[C@@H](O)[C@@H]1O. The summed E-state index contributed by atoms with van der Waals surface area (Å²) in [5, 5.41) is 116. The van der Waals surface area contributed by atoms with Crippen molar-refractivity contribution in [3.8, 4) is 0 Å². The molecule has 4 aliphatic rings. The topological polar surface area (TPSA) is 316 Å². The van der Waals surface area contributed by atoms with E-state index in [1.807, 2.05) is 0 Å². The first kappa shape index (κ1) is 37.6. The highest BCUT2D eigenvalue weighted by Crippen LogP contribution is 2.34. The smallest absolute Gasteiger partial charge is 0.217 e. The van der Waals surface area contributed by atoms with Crippen LogP contribution in [0.25, 0.3) is 0 Å². The summed E-state index contributed by atoms with van der Waals surface area (Å²) in [4.78, 5) is 12.3. The molecule has 20 nitrogen and oxygen atoms in total. The lowest BCUT2D eigenvalue weighted by Gasteiger charge is -2.49. The number of aliphatic hydroxyl groups excluding tert-OH is 11. The molecule has 20 heteroatoms. The number of nitrogens with one attached hydrogen (secondary N) is 1. The number of carbonyl (C=O) groups excluding carboxylic acids is 1. The Morgan fingerprint density at radius 1 is 0.543 bits per heavy atom. The van der Waals surface area contributed by atoms with E-state index in [-0.39, 0.29) is 0 Å². The van der Waals surface area contributed by atoms with E-state index in [2.05, 4.69) is 5.32 Å². The summed E-state index contributed by atoms with van der Waals surface area (Å²) < 4.78 is 39.7. The van der Waals surface area contributed by atoms with Gasteiger partial charge in [-0.2, -0.15) is 0 Å². The van der Waals surface area contributed by atoms with E-state index in [0.29, 0.717) is 0 Å². The zero-order valence-corrected chi connectivity index (χ0v) is 25.1. The van der Waals surface area contributed by atoms with Gasteiger partial charge in [0.05, 0.1) is 25.4 Å². The van der Waals surface area contributed by atoms with Crippen LogP contribution in [0.2, 0.25) is 0 Å². The van der Waals surface area contributed by atoms with Crippen molar-refractivity contribution < 1.29 is 94.1 Å². The van der Waals surface area contributed by atoms with E-state index in [9.17, 15) is 61.0 Å². The van der Waals surface area contributed by atoms with Crippen LogP contribution in [0.5, 0.6) is 0 Å². The van der Waals surface area contributed by atoms with E-state index in [1.165, 1.54) is 13.8 Å². The van der Waals surface area contributed by atoms with Crippen LogP contribution in [0, 0.1) is 0 Å². The molecule has 0 aromatic rings. The Morgan fingerprint density at radius 2 is 1.00 bits per heavy atom. The average molecular weight is 676 g/mol. The predicted molar refractivity (Wildman–Crippen MR) is 143 cm³/mol. The number of ether oxygens (including phenoxy) is 7. The molecule has 4 saturated heterocycles. The van der Waals surface area contributed by atoms with Gasteiger partial charge in [0.2, 0.25) is 5.91 Å². The highest BCUT2D eigenvalue weighted by molar-refractivity contribution is 5.73. The molecule has 0 aromatic carbocycles. The van der Waals surface area contributed by atoms with Crippen molar-refractivity contribution >= 4 is 5.91 Å². The predicted octanol–water partition coefficient (Wildman–Crippen LogP) is -7.55. The third kappa shape index (κ3) is 7.64. The molecule has 4 heterocycles. The summed E-state index contributed by atoms with van der Waals surface area (Å²) in [6, 6.07) is -1.51. The van der Waals surface area contributed by atoms with Crippen molar-refractivity contribution in [2.45, 2.75) is 144 Å². The Morgan fingerprint density at radius 3 is 1.48 bits per heavy atom. The van der Waals surface area contributed by atoms with E-state index >= 15 is 0 Å². The number of rotatable bonds is 9. The molecule has 0 spiro atoms. The van der Waals surface area contributed by atoms with Gasteiger partial charge in [-0.1, -0.05) is 0 Å². The lowest BCUT2D eigenvalue weighted by Crippen LogP contribution is -2.69. The second kappa shape index (κ2) is 15.5. The maximum Gasteiger partial charge on any atom is 0.217 e. The highest BCUT2D eigenvalue weighted by Gasteiger charge is 2.55. The maximum absolute atomic E-state index is 12.3. The molecule has 12 N–H and O–H groups in total. The number of hydrogen-bond acceptors (Lipinski definition) is 19. The summed E-state index contributed by atoms with van der Waals surface area (Å²) in [5.74, 6) is -0.708. The molecule has 0 aliphatic carbocycles. The average Bonchev–Trinajstić information content (AvgIpc) is 3.02. The minimum absolute atomic E-state index is 0.708. The Labute approximate surface area is 262 Å². The van der Waals surface area contributed by atoms with Gasteiger partial charge in [0.25, 0.3) is 0 Å². The van der Waals surface area contributed by atoms with Crippen LogP contribution in [-0.4, -0.2) is 198 Å². The van der Waals surface area contributed by atoms with E-state index in [1.54, 1.807) is 0 Å². The Balaban J connectivity index is 1.63. The van der Waals surface area contributed by atoms with Gasteiger partial charge in [-0.25, -0.2) is 0 Å². The van der Waals surface area contributed by atoms with Gasteiger partial charge in [-0.3, -0.25) is 4.79 Å².